The molecule has 4 rings (SSSR count). The Balaban J connectivity index is 1.55. The summed E-state index contributed by atoms with van der Waals surface area (Å²) in [4.78, 5) is 4.68. The molecule has 0 spiro atoms. The van der Waals surface area contributed by atoms with Crippen molar-refractivity contribution in [1.29, 1.82) is 0 Å². The van der Waals surface area contributed by atoms with Gasteiger partial charge in [-0.25, -0.2) is 4.98 Å². The molecule has 0 saturated carbocycles. The third-order valence-corrected chi connectivity index (χ3v) is 5.38. The third kappa shape index (κ3) is 3.55. The Morgan fingerprint density at radius 2 is 1.85 bits per heavy atom. The molecule has 0 unspecified atom stereocenters. The van der Waals surface area contributed by atoms with Gasteiger partial charge in [0, 0.05) is 30.3 Å². The number of pyridine rings is 1. The zero-order chi connectivity index (χ0) is 18.8. The smallest absolute Gasteiger partial charge is 0.191 e. The van der Waals surface area contributed by atoms with E-state index in [1.165, 1.54) is 5.56 Å². The SMILES string of the molecule is CCn1c(SCc2cn3cc(C)ccc3n2)nnc1-c1ccc(OC)cc1. The summed E-state index contributed by atoms with van der Waals surface area (Å²) in [6.07, 6.45) is 4.17. The fourth-order valence-electron chi connectivity index (χ4n) is 3.00. The van der Waals surface area contributed by atoms with E-state index in [-0.39, 0.29) is 0 Å². The lowest BCUT2D eigenvalue weighted by Crippen LogP contribution is -2.00. The van der Waals surface area contributed by atoms with E-state index in [1.807, 2.05) is 30.3 Å². The number of aromatic nitrogens is 5. The van der Waals surface area contributed by atoms with Crippen LogP contribution in [0.25, 0.3) is 17.0 Å². The fraction of sp³-hybridized carbons (Fsp3) is 0.250. The van der Waals surface area contributed by atoms with E-state index in [0.29, 0.717) is 0 Å². The molecular formula is C20H21N5OS. The van der Waals surface area contributed by atoms with Gasteiger partial charge >= 0.3 is 0 Å². The molecule has 3 heterocycles. The van der Waals surface area contributed by atoms with E-state index in [0.717, 1.165) is 45.9 Å². The molecule has 0 radical (unpaired) electrons. The number of ether oxygens (including phenoxy) is 1. The summed E-state index contributed by atoms with van der Waals surface area (Å²) >= 11 is 1.66. The van der Waals surface area contributed by atoms with Gasteiger partial charge < -0.3 is 13.7 Å². The highest BCUT2D eigenvalue weighted by molar-refractivity contribution is 7.98. The van der Waals surface area contributed by atoms with Crippen LogP contribution in [-0.2, 0) is 12.3 Å². The highest BCUT2D eigenvalue weighted by atomic mass is 32.2. The maximum absolute atomic E-state index is 5.23. The average molecular weight is 379 g/mol. The molecule has 27 heavy (non-hydrogen) atoms. The molecule has 7 heteroatoms. The lowest BCUT2D eigenvalue weighted by molar-refractivity contribution is 0.415. The van der Waals surface area contributed by atoms with Crippen LogP contribution in [0.4, 0.5) is 0 Å². The van der Waals surface area contributed by atoms with Crippen LogP contribution in [0.2, 0.25) is 0 Å². The summed E-state index contributed by atoms with van der Waals surface area (Å²) in [6.45, 7) is 4.99. The number of benzene rings is 1. The second kappa shape index (κ2) is 7.44. The summed E-state index contributed by atoms with van der Waals surface area (Å²) < 4.78 is 9.43. The molecular weight excluding hydrogens is 358 g/mol. The van der Waals surface area contributed by atoms with Crippen LogP contribution in [0.15, 0.2) is 53.9 Å². The average Bonchev–Trinajstić information content (AvgIpc) is 3.29. The number of nitrogens with zero attached hydrogens (tertiary/aromatic N) is 5. The van der Waals surface area contributed by atoms with Crippen molar-refractivity contribution in [1.82, 2.24) is 24.1 Å². The van der Waals surface area contributed by atoms with Gasteiger partial charge in [0.1, 0.15) is 11.4 Å². The van der Waals surface area contributed by atoms with E-state index >= 15 is 0 Å². The van der Waals surface area contributed by atoms with Gasteiger partial charge in [0.25, 0.3) is 0 Å². The van der Waals surface area contributed by atoms with Crippen molar-refractivity contribution in [3.05, 3.63) is 60.0 Å². The Hall–Kier alpha value is -2.80. The van der Waals surface area contributed by atoms with E-state index < -0.39 is 0 Å². The summed E-state index contributed by atoms with van der Waals surface area (Å²) in [5.41, 5.74) is 4.24. The molecule has 6 nitrogen and oxygen atoms in total. The maximum Gasteiger partial charge on any atom is 0.191 e. The molecule has 0 aliphatic heterocycles. The van der Waals surface area contributed by atoms with Crippen LogP contribution >= 0.6 is 11.8 Å². The minimum absolute atomic E-state index is 0.751. The molecule has 0 N–H and O–H groups in total. The lowest BCUT2D eigenvalue weighted by atomic mass is 10.2. The first-order valence-electron chi connectivity index (χ1n) is 8.82. The van der Waals surface area contributed by atoms with E-state index in [4.69, 9.17) is 4.74 Å². The highest BCUT2D eigenvalue weighted by Gasteiger charge is 2.14. The first kappa shape index (κ1) is 17.6. The van der Waals surface area contributed by atoms with Crippen LogP contribution in [0, 0.1) is 6.92 Å². The standard InChI is InChI=1S/C20H21N5OS/c1-4-25-19(15-6-8-17(26-3)9-7-15)22-23-20(25)27-13-16-12-24-11-14(2)5-10-18(24)21-16/h5-12H,4,13H2,1-3H3. The van der Waals surface area contributed by atoms with Gasteiger partial charge in [-0.15, -0.1) is 10.2 Å². The molecule has 138 valence electrons. The van der Waals surface area contributed by atoms with Crippen molar-refractivity contribution >= 4 is 17.4 Å². The first-order valence-corrected chi connectivity index (χ1v) is 9.81. The van der Waals surface area contributed by atoms with Crippen LogP contribution < -0.4 is 4.74 Å². The Morgan fingerprint density at radius 1 is 1.04 bits per heavy atom. The van der Waals surface area contributed by atoms with Crippen LogP contribution in [-0.4, -0.2) is 31.3 Å². The second-order valence-corrected chi connectivity index (χ2v) is 7.21. The minimum Gasteiger partial charge on any atom is -0.497 e. The maximum atomic E-state index is 5.23. The summed E-state index contributed by atoms with van der Waals surface area (Å²) in [6, 6.07) is 12.0. The second-order valence-electron chi connectivity index (χ2n) is 6.27. The lowest BCUT2D eigenvalue weighted by Gasteiger charge is -2.07. The molecule has 0 saturated heterocycles. The Morgan fingerprint density at radius 3 is 2.59 bits per heavy atom. The third-order valence-electron chi connectivity index (χ3n) is 4.38. The number of imidazole rings is 1. The zero-order valence-corrected chi connectivity index (χ0v) is 16.4. The van der Waals surface area contributed by atoms with E-state index in [2.05, 4.69) is 56.5 Å². The minimum atomic E-state index is 0.751. The Labute approximate surface area is 162 Å². The van der Waals surface area contributed by atoms with Crippen LogP contribution in [0.3, 0.4) is 0 Å². The fourth-order valence-corrected chi connectivity index (χ4v) is 3.88. The van der Waals surface area contributed by atoms with Crippen molar-refractivity contribution < 1.29 is 4.74 Å². The molecule has 1 aromatic carbocycles. The summed E-state index contributed by atoms with van der Waals surface area (Å²) in [7, 11) is 1.67. The molecule has 3 aromatic heterocycles. The van der Waals surface area contributed by atoms with Gasteiger partial charge in [-0.05, 0) is 49.7 Å². The van der Waals surface area contributed by atoms with Gasteiger partial charge in [0.05, 0.1) is 12.8 Å². The molecule has 0 aliphatic rings. The van der Waals surface area contributed by atoms with Gasteiger partial charge in [-0.3, -0.25) is 0 Å². The zero-order valence-electron chi connectivity index (χ0n) is 15.6. The van der Waals surface area contributed by atoms with Gasteiger partial charge in [0.2, 0.25) is 0 Å². The number of methoxy groups -OCH3 is 1. The topological polar surface area (TPSA) is 57.2 Å². The number of aryl methyl sites for hydroxylation is 1. The number of hydrogen-bond acceptors (Lipinski definition) is 5. The van der Waals surface area contributed by atoms with Gasteiger partial charge in [-0.2, -0.15) is 0 Å². The largest absolute Gasteiger partial charge is 0.497 e. The first-order chi connectivity index (χ1) is 13.2. The van der Waals surface area contributed by atoms with Gasteiger partial charge in [-0.1, -0.05) is 17.8 Å². The monoisotopic (exact) mass is 379 g/mol. The van der Waals surface area contributed by atoms with Crippen molar-refractivity contribution in [2.45, 2.75) is 31.3 Å². The quantitative estimate of drug-likeness (QED) is 0.470. The molecule has 0 atom stereocenters. The van der Waals surface area contributed by atoms with Crippen LogP contribution in [0.1, 0.15) is 18.2 Å². The predicted molar refractivity (Wildman–Crippen MR) is 107 cm³/mol. The van der Waals surface area contributed by atoms with Crippen molar-refractivity contribution in [2.75, 3.05) is 7.11 Å². The van der Waals surface area contributed by atoms with Crippen molar-refractivity contribution in [3.8, 4) is 17.1 Å². The molecule has 0 aliphatic carbocycles. The molecule has 0 amide bonds. The number of hydrogen-bond donors (Lipinski definition) is 0. The van der Waals surface area contributed by atoms with E-state index in [9.17, 15) is 0 Å². The van der Waals surface area contributed by atoms with Crippen molar-refractivity contribution in [3.63, 3.8) is 0 Å². The van der Waals surface area contributed by atoms with Crippen molar-refractivity contribution in [2.24, 2.45) is 0 Å². The molecule has 0 fully saturated rings. The number of rotatable bonds is 6. The van der Waals surface area contributed by atoms with Crippen LogP contribution in [0.5, 0.6) is 5.75 Å². The number of fused-ring (bicyclic) bond motifs is 1. The predicted octanol–water partition coefficient (Wildman–Crippen LogP) is 4.22. The van der Waals surface area contributed by atoms with E-state index in [1.54, 1.807) is 18.9 Å². The number of thioether (sulfide) groups is 1. The Kier molecular flexibility index (Phi) is 4.85. The Bertz CT molecular complexity index is 1070. The molecule has 4 aromatic rings. The normalized spacial score (nSPS) is 11.2. The highest BCUT2D eigenvalue weighted by Crippen LogP contribution is 2.27. The molecule has 0 bridgehead atoms. The van der Waals surface area contributed by atoms with Gasteiger partial charge in [0.15, 0.2) is 11.0 Å². The summed E-state index contributed by atoms with van der Waals surface area (Å²) in [5, 5.41) is 9.70. The summed E-state index contributed by atoms with van der Waals surface area (Å²) in [5.74, 6) is 2.45.